The molecule has 0 radical (unpaired) electrons. The first kappa shape index (κ1) is 14.2. The third kappa shape index (κ3) is 2.45. The molecule has 0 spiro atoms. The lowest BCUT2D eigenvalue weighted by molar-refractivity contribution is 0.0780. The Morgan fingerprint density at radius 2 is 2.27 bits per heavy atom. The average Bonchev–Trinajstić information content (AvgIpc) is 3.01. The Bertz CT molecular complexity index is 566. The van der Waals surface area contributed by atoms with E-state index in [0.29, 0.717) is 12.0 Å². The third-order valence-electron chi connectivity index (χ3n) is 5.81. The Labute approximate surface area is 131 Å². The summed E-state index contributed by atoms with van der Waals surface area (Å²) in [6, 6.07) is 0. The first-order valence-electron chi connectivity index (χ1n) is 8.57. The van der Waals surface area contributed by atoms with E-state index in [-0.39, 0.29) is 11.8 Å². The summed E-state index contributed by atoms with van der Waals surface area (Å²) >= 11 is 0. The van der Waals surface area contributed by atoms with Crippen LogP contribution in [0.2, 0.25) is 0 Å². The lowest BCUT2D eigenvalue weighted by Gasteiger charge is -2.42. The third-order valence-corrected chi connectivity index (χ3v) is 5.81. The van der Waals surface area contributed by atoms with Gasteiger partial charge in [0, 0.05) is 32.3 Å². The lowest BCUT2D eigenvalue weighted by Crippen LogP contribution is -2.43. The van der Waals surface area contributed by atoms with Crippen LogP contribution < -0.4 is 5.32 Å². The van der Waals surface area contributed by atoms with Gasteiger partial charge in [-0.25, -0.2) is 0 Å². The topological polar surface area (TPSA) is 56.2 Å². The highest BCUT2D eigenvalue weighted by Crippen LogP contribution is 2.56. The van der Waals surface area contributed by atoms with Gasteiger partial charge in [-0.3, -0.25) is 9.48 Å². The fourth-order valence-electron chi connectivity index (χ4n) is 4.14. The number of nitrogens with one attached hydrogen (secondary N) is 1. The van der Waals surface area contributed by atoms with Crippen molar-refractivity contribution in [3.8, 4) is 0 Å². The van der Waals surface area contributed by atoms with Crippen LogP contribution in [-0.4, -0.2) is 35.4 Å². The van der Waals surface area contributed by atoms with Crippen LogP contribution in [0.25, 0.3) is 0 Å². The van der Waals surface area contributed by atoms with Crippen molar-refractivity contribution in [1.29, 1.82) is 0 Å². The van der Waals surface area contributed by atoms with Crippen molar-refractivity contribution in [2.24, 2.45) is 18.4 Å². The Hall–Kier alpha value is -1.36. The van der Waals surface area contributed by atoms with Gasteiger partial charge in [0.15, 0.2) is 0 Å². The molecule has 1 amide bonds. The number of hydrogen-bond acceptors (Lipinski definition) is 3. The van der Waals surface area contributed by atoms with Gasteiger partial charge in [0.2, 0.25) is 0 Å². The van der Waals surface area contributed by atoms with Gasteiger partial charge < -0.3 is 10.1 Å². The number of aromatic nitrogens is 2. The Balaban J connectivity index is 1.46. The summed E-state index contributed by atoms with van der Waals surface area (Å²) in [7, 11) is 1.88. The SMILES string of the molecule is Cn1cc(C(=O)NCC2(C3CC3)CCC2)c([C@@H]2CCOC2)n1. The van der Waals surface area contributed by atoms with E-state index in [0.717, 1.165) is 36.7 Å². The molecule has 1 aromatic heterocycles. The van der Waals surface area contributed by atoms with Crippen molar-refractivity contribution in [2.45, 2.75) is 44.4 Å². The van der Waals surface area contributed by atoms with E-state index >= 15 is 0 Å². The van der Waals surface area contributed by atoms with Gasteiger partial charge in [0.1, 0.15) is 0 Å². The van der Waals surface area contributed by atoms with E-state index in [4.69, 9.17) is 4.74 Å². The molecule has 3 aliphatic rings. The summed E-state index contributed by atoms with van der Waals surface area (Å²) in [6.07, 6.45) is 9.42. The number of nitrogens with zero attached hydrogens (tertiary/aromatic N) is 2. The monoisotopic (exact) mass is 303 g/mol. The number of rotatable bonds is 5. The quantitative estimate of drug-likeness (QED) is 0.907. The van der Waals surface area contributed by atoms with Crippen LogP contribution in [0.3, 0.4) is 0 Å². The molecule has 3 fully saturated rings. The summed E-state index contributed by atoms with van der Waals surface area (Å²) in [5.41, 5.74) is 2.06. The molecule has 120 valence electrons. The van der Waals surface area contributed by atoms with Crippen LogP contribution in [0.5, 0.6) is 0 Å². The highest BCUT2D eigenvalue weighted by molar-refractivity contribution is 5.95. The van der Waals surface area contributed by atoms with Crippen molar-refractivity contribution in [3.05, 3.63) is 17.5 Å². The van der Waals surface area contributed by atoms with Gasteiger partial charge >= 0.3 is 0 Å². The minimum Gasteiger partial charge on any atom is -0.381 e. The summed E-state index contributed by atoms with van der Waals surface area (Å²) in [4.78, 5) is 12.7. The molecule has 5 heteroatoms. The molecular weight excluding hydrogens is 278 g/mol. The van der Waals surface area contributed by atoms with Gasteiger partial charge in [0.05, 0.1) is 17.9 Å². The molecule has 1 aromatic rings. The Morgan fingerprint density at radius 1 is 1.45 bits per heavy atom. The van der Waals surface area contributed by atoms with Gasteiger partial charge in [-0.05, 0) is 43.4 Å². The fourth-order valence-corrected chi connectivity index (χ4v) is 4.14. The molecule has 2 saturated carbocycles. The molecule has 5 nitrogen and oxygen atoms in total. The normalized spacial score (nSPS) is 26.7. The van der Waals surface area contributed by atoms with Gasteiger partial charge in [0.25, 0.3) is 5.91 Å². The van der Waals surface area contributed by atoms with Crippen LogP contribution in [-0.2, 0) is 11.8 Å². The molecule has 22 heavy (non-hydrogen) atoms. The zero-order valence-electron chi connectivity index (χ0n) is 13.3. The van der Waals surface area contributed by atoms with E-state index in [1.54, 1.807) is 4.68 Å². The highest BCUT2D eigenvalue weighted by atomic mass is 16.5. The molecular formula is C17H25N3O2. The first-order chi connectivity index (χ1) is 10.7. The number of carbonyl (C=O) groups is 1. The predicted octanol–water partition coefficient (Wildman–Crippen LogP) is 2.23. The average molecular weight is 303 g/mol. The fraction of sp³-hybridized carbons (Fsp3) is 0.765. The van der Waals surface area contributed by atoms with E-state index in [1.807, 2.05) is 13.2 Å². The number of carbonyl (C=O) groups excluding carboxylic acids is 1. The predicted molar refractivity (Wildman–Crippen MR) is 82.7 cm³/mol. The maximum absolute atomic E-state index is 12.7. The van der Waals surface area contributed by atoms with Crippen LogP contribution >= 0.6 is 0 Å². The van der Waals surface area contributed by atoms with Crippen LogP contribution in [0.4, 0.5) is 0 Å². The molecule has 1 atom stereocenters. The number of ether oxygens (including phenoxy) is 1. The van der Waals surface area contributed by atoms with E-state index in [2.05, 4.69) is 10.4 Å². The maximum Gasteiger partial charge on any atom is 0.254 e. The molecule has 2 aliphatic carbocycles. The second-order valence-electron chi connectivity index (χ2n) is 7.34. The molecule has 2 heterocycles. The largest absolute Gasteiger partial charge is 0.381 e. The van der Waals surface area contributed by atoms with Crippen LogP contribution in [0.15, 0.2) is 6.20 Å². The van der Waals surface area contributed by atoms with E-state index < -0.39 is 0 Å². The van der Waals surface area contributed by atoms with Gasteiger partial charge in [-0.15, -0.1) is 0 Å². The molecule has 1 aliphatic heterocycles. The standard InChI is InChI=1S/C17H25N3O2/c1-20-9-14(15(19-20)12-5-8-22-10-12)16(21)18-11-17(6-2-7-17)13-3-4-13/h9,12-13H,2-8,10-11H2,1H3,(H,18,21)/t12-/m1/s1. The van der Waals surface area contributed by atoms with Crippen molar-refractivity contribution >= 4 is 5.91 Å². The second kappa shape index (κ2) is 5.37. The second-order valence-corrected chi connectivity index (χ2v) is 7.34. The molecule has 4 rings (SSSR count). The Morgan fingerprint density at radius 3 is 2.86 bits per heavy atom. The van der Waals surface area contributed by atoms with Crippen molar-refractivity contribution in [2.75, 3.05) is 19.8 Å². The number of amides is 1. The van der Waals surface area contributed by atoms with E-state index in [1.165, 1.54) is 32.1 Å². The minimum atomic E-state index is 0.0434. The van der Waals surface area contributed by atoms with Gasteiger partial charge in [-0.1, -0.05) is 6.42 Å². The lowest BCUT2D eigenvalue weighted by atomic mass is 9.65. The van der Waals surface area contributed by atoms with Crippen molar-refractivity contribution in [1.82, 2.24) is 15.1 Å². The zero-order valence-corrected chi connectivity index (χ0v) is 13.3. The summed E-state index contributed by atoms with van der Waals surface area (Å²) in [5, 5.41) is 7.72. The van der Waals surface area contributed by atoms with Crippen LogP contribution in [0, 0.1) is 11.3 Å². The molecule has 0 unspecified atom stereocenters. The molecule has 1 N–H and O–H groups in total. The molecule has 0 bridgehead atoms. The zero-order chi connectivity index (χ0) is 15.2. The molecule has 0 aromatic carbocycles. The summed E-state index contributed by atoms with van der Waals surface area (Å²) < 4.78 is 7.21. The van der Waals surface area contributed by atoms with Crippen molar-refractivity contribution < 1.29 is 9.53 Å². The minimum absolute atomic E-state index is 0.0434. The van der Waals surface area contributed by atoms with Crippen LogP contribution in [0.1, 0.15) is 60.5 Å². The maximum atomic E-state index is 12.7. The van der Waals surface area contributed by atoms with E-state index in [9.17, 15) is 4.79 Å². The summed E-state index contributed by atoms with van der Waals surface area (Å²) in [6.45, 7) is 2.29. The summed E-state index contributed by atoms with van der Waals surface area (Å²) in [5.74, 6) is 1.17. The number of hydrogen-bond donors (Lipinski definition) is 1. The smallest absolute Gasteiger partial charge is 0.254 e. The Kier molecular flexibility index (Phi) is 3.48. The van der Waals surface area contributed by atoms with Gasteiger partial charge in [-0.2, -0.15) is 5.10 Å². The highest BCUT2D eigenvalue weighted by Gasteiger charge is 2.49. The first-order valence-corrected chi connectivity index (χ1v) is 8.57. The molecule has 1 saturated heterocycles. The van der Waals surface area contributed by atoms with Crippen molar-refractivity contribution in [3.63, 3.8) is 0 Å². The number of aryl methyl sites for hydroxylation is 1.